The summed E-state index contributed by atoms with van der Waals surface area (Å²) in [4.78, 5) is 22.1. The monoisotopic (exact) mass is 293 g/mol. The molecule has 1 amide bonds. The number of nitrogens with one attached hydrogen (secondary N) is 2. The Labute approximate surface area is 122 Å². The number of nitrogens with zero attached hydrogens (tertiary/aromatic N) is 1. The van der Waals surface area contributed by atoms with Crippen molar-refractivity contribution in [1.29, 1.82) is 0 Å². The van der Waals surface area contributed by atoms with Gasteiger partial charge in [0, 0.05) is 19.0 Å². The van der Waals surface area contributed by atoms with Gasteiger partial charge < -0.3 is 15.4 Å². The number of carbonyl (C=O) groups excluding carboxylic acids is 1. The van der Waals surface area contributed by atoms with Crippen LogP contribution in [0.2, 0.25) is 0 Å². The molecule has 1 aliphatic rings. The van der Waals surface area contributed by atoms with E-state index in [-0.39, 0.29) is 17.7 Å². The Bertz CT molecular complexity index is 557. The molecule has 0 saturated carbocycles. The summed E-state index contributed by atoms with van der Waals surface area (Å²) in [5.41, 5.74) is 1.86. The first-order valence-corrected chi connectivity index (χ1v) is 6.94. The molecule has 2 rings (SSSR count). The third-order valence-corrected chi connectivity index (χ3v) is 3.18. The van der Waals surface area contributed by atoms with E-state index >= 15 is 0 Å². The Morgan fingerprint density at radius 1 is 1.43 bits per heavy atom. The van der Waals surface area contributed by atoms with E-state index in [1.807, 2.05) is 13.8 Å². The van der Waals surface area contributed by atoms with E-state index in [9.17, 15) is 14.9 Å². The predicted molar refractivity (Wildman–Crippen MR) is 79.6 cm³/mol. The van der Waals surface area contributed by atoms with Crippen molar-refractivity contribution < 1.29 is 14.5 Å². The van der Waals surface area contributed by atoms with Crippen LogP contribution in [0.3, 0.4) is 0 Å². The number of hydrogen-bond donors (Lipinski definition) is 2. The molecule has 21 heavy (non-hydrogen) atoms. The highest BCUT2D eigenvalue weighted by atomic mass is 16.6. The van der Waals surface area contributed by atoms with Crippen LogP contribution in [0, 0.1) is 10.1 Å². The molecule has 0 saturated heterocycles. The van der Waals surface area contributed by atoms with E-state index in [0.29, 0.717) is 37.4 Å². The Balaban J connectivity index is 2.15. The molecule has 0 bridgehead atoms. The zero-order valence-corrected chi connectivity index (χ0v) is 12.1. The Kier molecular flexibility index (Phi) is 4.74. The van der Waals surface area contributed by atoms with Crippen molar-refractivity contribution in [1.82, 2.24) is 0 Å². The number of anilines is 2. The molecule has 1 aliphatic heterocycles. The molecular weight excluding hydrogens is 274 g/mol. The number of ether oxygens (including phenoxy) is 1. The summed E-state index contributed by atoms with van der Waals surface area (Å²) in [5, 5.41) is 16.9. The average molecular weight is 293 g/mol. The molecule has 0 aromatic heterocycles. The minimum absolute atomic E-state index is 0.0412. The van der Waals surface area contributed by atoms with Crippen LogP contribution in [-0.4, -0.2) is 30.1 Å². The number of nitro benzene ring substituents is 1. The van der Waals surface area contributed by atoms with E-state index in [2.05, 4.69) is 10.6 Å². The Hall–Kier alpha value is -2.15. The summed E-state index contributed by atoms with van der Waals surface area (Å²) in [7, 11) is 0. The lowest BCUT2D eigenvalue weighted by Gasteiger charge is -2.18. The van der Waals surface area contributed by atoms with Gasteiger partial charge in [-0.05, 0) is 31.9 Å². The lowest BCUT2D eigenvalue weighted by molar-refractivity contribution is -0.383. The zero-order valence-electron chi connectivity index (χ0n) is 12.1. The minimum atomic E-state index is -0.452. The summed E-state index contributed by atoms with van der Waals surface area (Å²) in [6.07, 6.45) is 1.12. The van der Waals surface area contributed by atoms with Gasteiger partial charge in [-0.25, -0.2) is 0 Å². The van der Waals surface area contributed by atoms with Gasteiger partial charge in [0.05, 0.1) is 23.3 Å². The molecule has 1 aromatic carbocycles. The van der Waals surface area contributed by atoms with Crippen LogP contribution < -0.4 is 10.6 Å². The van der Waals surface area contributed by atoms with Crippen LogP contribution in [-0.2, 0) is 16.0 Å². The second kappa shape index (κ2) is 6.53. The van der Waals surface area contributed by atoms with Gasteiger partial charge >= 0.3 is 0 Å². The van der Waals surface area contributed by atoms with Gasteiger partial charge in [-0.2, -0.15) is 0 Å². The maximum Gasteiger partial charge on any atom is 0.294 e. The molecular formula is C14H19N3O4. The maximum absolute atomic E-state index is 11.4. The van der Waals surface area contributed by atoms with Crippen LogP contribution in [0.1, 0.15) is 25.8 Å². The Morgan fingerprint density at radius 2 is 2.19 bits per heavy atom. The number of hydrogen-bond acceptors (Lipinski definition) is 5. The fraction of sp³-hybridized carbons (Fsp3) is 0.500. The van der Waals surface area contributed by atoms with Crippen LogP contribution in [0.4, 0.5) is 17.1 Å². The highest BCUT2D eigenvalue weighted by Crippen LogP contribution is 2.33. The molecule has 0 aliphatic carbocycles. The lowest BCUT2D eigenvalue weighted by atomic mass is 10.0. The zero-order chi connectivity index (χ0) is 15.4. The largest absolute Gasteiger partial charge is 0.377 e. The van der Waals surface area contributed by atoms with Crippen molar-refractivity contribution in [3.63, 3.8) is 0 Å². The minimum Gasteiger partial charge on any atom is -0.377 e. The van der Waals surface area contributed by atoms with E-state index < -0.39 is 4.92 Å². The smallest absolute Gasteiger partial charge is 0.294 e. The third kappa shape index (κ3) is 3.91. The molecule has 114 valence electrons. The van der Waals surface area contributed by atoms with E-state index in [0.717, 1.165) is 5.56 Å². The van der Waals surface area contributed by atoms with Gasteiger partial charge in [0.2, 0.25) is 5.91 Å². The summed E-state index contributed by atoms with van der Waals surface area (Å²) in [6, 6.07) is 3.15. The quantitative estimate of drug-likeness (QED) is 0.477. The number of fused-ring (bicyclic) bond motifs is 1. The first-order valence-electron chi connectivity index (χ1n) is 6.94. The topological polar surface area (TPSA) is 93.5 Å². The highest BCUT2D eigenvalue weighted by molar-refractivity contribution is 5.95. The number of nitro groups is 1. The molecule has 0 atom stereocenters. The first-order chi connectivity index (χ1) is 9.97. The molecule has 0 radical (unpaired) electrons. The van der Waals surface area contributed by atoms with E-state index in [4.69, 9.17) is 4.74 Å². The standard InChI is InChI=1S/C14H19N3O4/c1-9(2)21-6-5-15-12-7-10-3-4-14(18)16-11(10)8-13(12)17(19)20/h7-9,15H,3-6H2,1-2H3,(H,16,18). The molecule has 2 N–H and O–H groups in total. The molecule has 0 spiro atoms. The normalized spacial score (nSPS) is 13.8. The van der Waals surface area contributed by atoms with Gasteiger partial charge in [-0.15, -0.1) is 0 Å². The van der Waals surface area contributed by atoms with Gasteiger partial charge in [-0.1, -0.05) is 0 Å². The predicted octanol–water partition coefficient (Wildman–Crippen LogP) is 2.32. The van der Waals surface area contributed by atoms with Crippen molar-refractivity contribution in [3.8, 4) is 0 Å². The maximum atomic E-state index is 11.4. The lowest BCUT2D eigenvalue weighted by Crippen LogP contribution is -2.20. The summed E-state index contributed by atoms with van der Waals surface area (Å²) in [5.74, 6) is -0.108. The molecule has 1 heterocycles. The molecule has 0 fully saturated rings. The molecule has 1 aromatic rings. The molecule has 7 heteroatoms. The van der Waals surface area contributed by atoms with Crippen LogP contribution in [0.5, 0.6) is 0 Å². The summed E-state index contributed by atoms with van der Waals surface area (Å²) >= 11 is 0. The summed E-state index contributed by atoms with van der Waals surface area (Å²) < 4.78 is 5.40. The van der Waals surface area contributed by atoms with Crippen molar-refractivity contribution in [3.05, 3.63) is 27.8 Å². The summed E-state index contributed by atoms with van der Waals surface area (Å²) in [6.45, 7) is 4.83. The van der Waals surface area contributed by atoms with Crippen molar-refractivity contribution in [2.45, 2.75) is 32.8 Å². The SMILES string of the molecule is CC(C)OCCNc1cc2c(cc1[N+](=O)[O-])NC(=O)CC2. The molecule has 7 nitrogen and oxygen atoms in total. The number of rotatable bonds is 6. The fourth-order valence-corrected chi connectivity index (χ4v) is 2.19. The Morgan fingerprint density at radius 3 is 2.86 bits per heavy atom. The van der Waals surface area contributed by atoms with Gasteiger partial charge in [0.25, 0.3) is 5.69 Å². The first kappa shape index (κ1) is 15.2. The fourth-order valence-electron chi connectivity index (χ4n) is 2.19. The van der Waals surface area contributed by atoms with E-state index in [1.165, 1.54) is 6.07 Å². The average Bonchev–Trinajstić information content (AvgIpc) is 2.42. The molecule has 0 unspecified atom stereocenters. The number of amides is 1. The van der Waals surface area contributed by atoms with Crippen LogP contribution in [0.25, 0.3) is 0 Å². The van der Waals surface area contributed by atoms with Crippen molar-refractivity contribution in [2.24, 2.45) is 0 Å². The van der Waals surface area contributed by atoms with Crippen LogP contribution >= 0.6 is 0 Å². The second-order valence-electron chi connectivity index (χ2n) is 5.18. The number of aryl methyl sites for hydroxylation is 1. The second-order valence-corrected chi connectivity index (χ2v) is 5.18. The van der Waals surface area contributed by atoms with Crippen LogP contribution in [0.15, 0.2) is 12.1 Å². The van der Waals surface area contributed by atoms with Gasteiger partial charge in [0.1, 0.15) is 5.69 Å². The van der Waals surface area contributed by atoms with Gasteiger partial charge in [0.15, 0.2) is 0 Å². The van der Waals surface area contributed by atoms with Crippen molar-refractivity contribution >= 4 is 23.0 Å². The number of benzene rings is 1. The third-order valence-electron chi connectivity index (χ3n) is 3.18. The highest BCUT2D eigenvalue weighted by Gasteiger charge is 2.22. The van der Waals surface area contributed by atoms with E-state index in [1.54, 1.807) is 6.07 Å². The van der Waals surface area contributed by atoms with Crippen molar-refractivity contribution in [2.75, 3.05) is 23.8 Å². The number of carbonyl (C=O) groups is 1. The van der Waals surface area contributed by atoms with Gasteiger partial charge in [-0.3, -0.25) is 14.9 Å².